The molecule has 5 nitrogen and oxygen atoms in total. The van der Waals surface area contributed by atoms with Gasteiger partial charge in [0.25, 0.3) is 0 Å². The highest BCUT2D eigenvalue weighted by Crippen LogP contribution is 2.27. The molecule has 2 aromatic rings. The van der Waals surface area contributed by atoms with E-state index in [1.807, 2.05) is 30.3 Å². The number of amides is 1. The van der Waals surface area contributed by atoms with Crippen LogP contribution in [0.5, 0.6) is 11.5 Å². The van der Waals surface area contributed by atoms with Crippen LogP contribution in [0.1, 0.15) is 11.1 Å². The number of hydrogen-bond donors (Lipinski definition) is 0. The molecule has 1 aromatic carbocycles. The lowest BCUT2D eigenvalue weighted by atomic mass is 10.1. The van der Waals surface area contributed by atoms with Crippen LogP contribution in [0.25, 0.3) is 6.08 Å². The minimum absolute atomic E-state index is 0.0349. The zero-order chi connectivity index (χ0) is 17.4. The van der Waals surface area contributed by atoms with Crippen LogP contribution < -0.4 is 9.47 Å². The Morgan fingerprint density at radius 2 is 1.83 bits per heavy atom. The lowest BCUT2D eigenvalue weighted by molar-refractivity contribution is -0.124. The third kappa shape index (κ3) is 4.84. The van der Waals surface area contributed by atoms with Crippen molar-refractivity contribution in [1.82, 2.24) is 9.88 Å². The van der Waals surface area contributed by atoms with Gasteiger partial charge in [0, 0.05) is 32.1 Å². The quantitative estimate of drug-likeness (QED) is 0.734. The van der Waals surface area contributed by atoms with Crippen molar-refractivity contribution in [3.05, 3.63) is 59.9 Å². The Bertz CT molecular complexity index is 699. The molecule has 0 aliphatic heterocycles. The first-order valence-corrected chi connectivity index (χ1v) is 7.68. The van der Waals surface area contributed by atoms with E-state index in [-0.39, 0.29) is 5.91 Å². The van der Waals surface area contributed by atoms with Crippen LogP contribution in [0, 0.1) is 0 Å². The number of methoxy groups -OCH3 is 2. The number of pyridine rings is 1. The molecule has 0 N–H and O–H groups in total. The largest absolute Gasteiger partial charge is 0.493 e. The van der Waals surface area contributed by atoms with Crippen molar-refractivity contribution in [2.45, 2.75) is 6.42 Å². The van der Waals surface area contributed by atoms with E-state index in [0.29, 0.717) is 18.0 Å². The molecule has 5 heteroatoms. The zero-order valence-corrected chi connectivity index (χ0v) is 14.2. The highest BCUT2D eigenvalue weighted by Gasteiger charge is 2.08. The van der Waals surface area contributed by atoms with E-state index in [2.05, 4.69) is 4.98 Å². The fourth-order valence-electron chi connectivity index (χ4n) is 2.21. The van der Waals surface area contributed by atoms with Crippen molar-refractivity contribution in [2.75, 3.05) is 27.8 Å². The lowest BCUT2D eigenvalue weighted by Gasteiger charge is -2.16. The van der Waals surface area contributed by atoms with Crippen molar-refractivity contribution in [3.63, 3.8) is 0 Å². The standard InChI is InChI=1S/C19H22N2O3/c1-21(19(22)7-5-15-8-11-20-12-9-15)13-10-16-4-6-17(23-2)18(14-16)24-3/h4-9,11-12,14H,10,13H2,1-3H3/b7-5+. The molecule has 0 fully saturated rings. The molecular weight excluding hydrogens is 304 g/mol. The fourth-order valence-corrected chi connectivity index (χ4v) is 2.21. The Morgan fingerprint density at radius 3 is 2.50 bits per heavy atom. The van der Waals surface area contributed by atoms with Gasteiger partial charge in [-0.15, -0.1) is 0 Å². The molecule has 0 atom stereocenters. The number of carbonyl (C=O) groups is 1. The first-order valence-electron chi connectivity index (χ1n) is 7.68. The summed E-state index contributed by atoms with van der Waals surface area (Å²) in [4.78, 5) is 17.8. The monoisotopic (exact) mass is 326 g/mol. The minimum atomic E-state index is -0.0349. The van der Waals surface area contributed by atoms with Crippen LogP contribution in [-0.2, 0) is 11.2 Å². The summed E-state index contributed by atoms with van der Waals surface area (Å²) in [5.41, 5.74) is 2.04. The van der Waals surface area contributed by atoms with Gasteiger partial charge in [-0.25, -0.2) is 0 Å². The molecule has 0 radical (unpaired) electrons. The second-order valence-corrected chi connectivity index (χ2v) is 5.31. The molecule has 0 saturated heterocycles. The summed E-state index contributed by atoms with van der Waals surface area (Å²) in [6, 6.07) is 9.50. The number of benzene rings is 1. The summed E-state index contributed by atoms with van der Waals surface area (Å²) >= 11 is 0. The molecule has 0 aliphatic carbocycles. The molecule has 126 valence electrons. The molecule has 1 heterocycles. The second kappa shape index (κ2) is 8.72. The average molecular weight is 326 g/mol. The second-order valence-electron chi connectivity index (χ2n) is 5.31. The van der Waals surface area contributed by atoms with Crippen LogP contribution in [0.15, 0.2) is 48.8 Å². The van der Waals surface area contributed by atoms with E-state index in [1.54, 1.807) is 50.7 Å². The molecule has 24 heavy (non-hydrogen) atoms. The number of rotatable bonds is 7. The predicted molar refractivity (Wildman–Crippen MR) is 94.2 cm³/mol. The molecule has 0 aliphatic rings. The van der Waals surface area contributed by atoms with Gasteiger partial charge in [0.2, 0.25) is 5.91 Å². The number of nitrogens with zero attached hydrogens (tertiary/aromatic N) is 2. The first-order chi connectivity index (χ1) is 11.6. The summed E-state index contributed by atoms with van der Waals surface area (Å²) in [6.07, 6.45) is 7.50. The summed E-state index contributed by atoms with van der Waals surface area (Å²) in [5.74, 6) is 1.36. The van der Waals surface area contributed by atoms with Crippen LogP contribution in [0.2, 0.25) is 0 Å². The first kappa shape index (κ1) is 17.5. The summed E-state index contributed by atoms with van der Waals surface area (Å²) in [5, 5.41) is 0. The topological polar surface area (TPSA) is 51.7 Å². The van der Waals surface area contributed by atoms with Gasteiger partial charge >= 0.3 is 0 Å². The maximum absolute atomic E-state index is 12.1. The van der Waals surface area contributed by atoms with E-state index in [4.69, 9.17) is 9.47 Å². The molecule has 1 aromatic heterocycles. The third-order valence-electron chi connectivity index (χ3n) is 3.68. The van der Waals surface area contributed by atoms with E-state index in [9.17, 15) is 4.79 Å². The smallest absolute Gasteiger partial charge is 0.246 e. The van der Waals surface area contributed by atoms with Gasteiger partial charge in [-0.05, 0) is 47.9 Å². The zero-order valence-electron chi connectivity index (χ0n) is 14.2. The Balaban J connectivity index is 1.91. The van der Waals surface area contributed by atoms with Gasteiger partial charge in [0.15, 0.2) is 11.5 Å². The Labute approximate surface area is 142 Å². The SMILES string of the molecule is COc1ccc(CCN(C)C(=O)/C=C/c2ccncc2)cc1OC. The maximum atomic E-state index is 12.1. The van der Waals surface area contributed by atoms with E-state index < -0.39 is 0 Å². The summed E-state index contributed by atoms with van der Waals surface area (Å²) < 4.78 is 10.5. The van der Waals surface area contributed by atoms with Gasteiger partial charge in [-0.1, -0.05) is 6.07 Å². The molecular formula is C19H22N2O3. The van der Waals surface area contributed by atoms with E-state index in [0.717, 1.165) is 17.5 Å². The van der Waals surface area contributed by atoms with Gasteiger partial charge in [0.05, 0.1) is 14.2 Å². The van der Waals surface area contributed by atoms with Gasteiger partial charge in [-0.2, -0.15) is 0 Å². The lowest BCUT2D eigenvalue weighted by Crippen LogP contribution is -2.27. The molecule has 1 amide bonds. The normalized spacial score (nSPS) is 10.6. The highest BCUT2D eigenvalue weighted by atomic mass is 16.5. The van der Waals surface area contributed by atoms with Crippen LogP contribution >= 0.6 is 0 Å². The van der Waals surface area contributed by atoms with Crippen molar-refractivity contribution < 1.29 is 14.3 Å². The molecule has 0 saturated carbocycles. The number of hydrogen-bond acceptors (Lipinski definition) is 4. The average Bonchev–Trinajstić information content (AvgIpc) is 2.64. The summed E-state index contributed by atoms with van der Waals surface area (Å²) in [7, 11) is 5.01. The van der Waals surface area contributed by atoms with Gasteiger partial charge in [0.1, 0.15) is 0 Å². The maximum Gasteiger partial charge on any atom is 0.246 e. The van der Waals surface area contributed by atoms with Crippen molar-refractivity contribution in [1.29, 1.82) is 0 Å². The number of carbonyl (C=O) groups excluding carboxylic acids is 1. The summed E-state index contributed by atoms with van der Waals surface area (Å²) in [6.45, 7) is 0.620. The molecule has 0 bridgehead atoms. The Morgan fingerprint density at radius 1 is 1.12 bits per heavy atom. The minimum Gasteiger partial charge on any atom is -0.493 e. The highest BCUT2D eigenvalue weighted by molar-refractivity contribution is 5.91. The number of ether oxygens (including phenoxy) is 2. The molecule has 0 unspecified atom stereocenters. The van der Waals surface area contributed by atoms with Crippen LogP contribution in [0.3, 0.4) is 0 Å². The van der Waals surface area contributed by atoms with Crippen molar-refractivity contribution >= 4 is 12.0 Å². The Kier molecular flexibility index (Phi) is 6.37. The molecule has 2 rings (SSSR count). The van der Waals surface area contributed by atoms with Crippen LogP contribution in [-0.4, -0.2) is 43.6 Å². The van der Waals surface area contributed by atoms with Crippen molar-refractivity contribution in [2.24, 2.45) is 0 Å². The molecule has 0 spiro atoms. The van der Waals surface area contributed by atoms with Crippen LogP contribution in [0.4, 0.5) is 0 Å². The van der Waals surface area contributed by atoms with E-state index >= 15 is 0 Å². The third-order valence-corrected chi connectivity index (χ3v) is 3.68. The van der Waals surface area contributed by atoms with Gasteiger partial charge < -0.3 is 14.4 Å². The number of likely N-dealkylation sites (N-methyl/N-ethyl adjacent to an activating group) is 1. The van der Waals surface area contributed by atoms with Gasteiger partial charge in [-0.3, -0.25) is 9.78 Å². The van der Waals surface area contributed by atoms with Crippen molar-refractivity contribution in [3.8, 4) is 11.5 Å². The Hall–Kier alpha value is -2.82. The predicted octanol–water partition coefficient (Wildman–Crippen LogP) is 2.81. The van der Waals surface area contributed by atoms with E-state index in [1.165, 1.54) is 0 Å². The number of aromatic nitrogens is 1. The fraction of sp³-hybridized carbons (Fsp3) is 0.263.